The number of methoxy groups -OCH3 is 4. The second kappa shape index (κ2) is 11.4. The van der Waals surface area contributed by atoms with E-state index in [9.17, 15) is 5.11 Å². The van der Waals surface area contributed by atoms with Crippen molar-refractivity contribution in [2.24, 2.45) is 0 Å². The zero-order valence-electron chi connectivity index (χ0n) is 16.5. The van der Waals surface area contributed by atoms with E-state index in [0.29, 0.717) is 44.5 Å². The summed E-state index contributed by atoms with van der Waals surface area (Å²) >= 11 is 0. The number of ether oxygens (including phenoxy) is 6. The van der Waals surface area contributed by atoms with Gasteiger partial charge in [0.1, 0.15) is 6.10 Å². The molecule has 154 valence electrons. The molecule has 0 aromatic heterocycles. The van der Waals surface area contributed by atoms with Crippen molar-refractivity contribution in [3.8, 4) is 11.5 Å². The Morgan fingerprint density at radius 2 is 1.52 bits per heavy atom. The van der Waals surface area contributed by atoms with Crippen LogP contribution in [0.25, 0.3) is 0 Å². The normalized spacial score (nSPS) is 21.7. The van der Waals surface area contributed by atoms with Gasteiger partial charge in [-0.3, -0.25) is 0 Å². The molecule has 8 nitrogen and oxygen atoms in total. The van der Waals surface area contributed by atoms with Gasteiger partial charge < -0.3 is 38.8 Å². The molecule has 0 bridgehead atoms. The number of fused-ring (bicyclic) bond motifs is 1. The summed E-state index contributed by atoms with van der Waals surface area (Å²) in [6.45, 7) is 2.28. The van der Waals surface area contributed by atoms with Gasteiger partial charge in [0.05, 0.1) is 65.9 Å². The fourth-order valence-corrected chi connectivity index (χ4v) is 3.21. The molecule has 1 aliphatic rings. The van der Waals surface area contributed by atoms with Crippen molar-refractivity contribution in [1.82, 2.24) is 5.32 Å². The van der Waals surface area contributed by atoms with Crippen molar-refractivity contribution in [3.63, 3.8) is 0 Å². The Balaban J connectivity index is 2.33. The molecule has 0 aliphatic carbocycles. The van der Waals surface area contributed by atoms with Crippen molar-refractivity contribution in [3.05, 3.63) is 23.3 Å². The lowest BCUT2D eigenvalue weighted by Gasteiger charge is -2.38. The molecular weight excluding hydrogens is 354 g/mol. The van der Waals surface area contributed by atoms with Crippen LogP contribution in [0.15, 0.2) is 12.1 Å². The number of hydrogen-bond acceptors (Lipinski definition) is 8. The van der Waals surface area contributed by atoms with Crippen molar-refractivity contribution in [2.45, 2.75) is 18.2 Å². The van der Waals surface area contributed by atoms with E-state index in [-0.39, 0.29) is 24.8 Å². The maximum atomic E-state index is 9.91. The fraction of sp³-hybridized carbons (Fsp3) is 0.684. The van der Waals surface area contributed by atoms with Gasteiger partial charge in [-0.2, -0.15) is 0 Å². The minimum absolute atomic E-state index is 0.0694. The third kappa shape index (κ3) is 5.54. The van der Waals surface area contributed by atoms with Gasteiger partial charge in [-0.15, -0.1) is 0 Å². The van der Waals surface area contributed by atoms with Gasteiger partial charge in [0.2, 0.25) is 0 Å². The van der Waals surface area contributed by atoms with Gasteiger partial charge in [-0.05, 0) is 23.3 Å². The van der Waals surface area contributed by atoms with Crippen LogP contribution in [-0.4, -0.2) is 79.2 Å². The molecule has 1 aliphatic heterocycles. The van der Waals surface area contributed by atoms with Gasteiger partial charge in [-0.1, -0.05) is 0 Å². The van der Waals surface area contributed by atoms with E-state index in [0.717, 1.165) is 11.1 Å². The van der Waals surface area contributed by atoms with Gasteiger partial charge >= 0.3 is 0 Å². The minimum atomic E-state index is -0.338. The van der Waals surface area contributed by atoms with E-state index in [2.05, 4.69) is 5.32 Å². The molecule has 0 radical (unpaired) electrons. The molecule has 1 aromatic carbocycles. The van der Waals surface area contributed by atoms with Gasteiger partial charge in [0.15, 0.2) is 11.5 Å². The summed E-state index contributed by atoms with van der Waals surface area (Å²) in [7, 11) is 6.47. The molecule has 1 aromatic rings. The van der Waals surface area contributed by atoms with Crippen LogP contribution in [0, 0.1) is 0 Å². The zero-order chi connectivity index (χ0) is 19.6. The molecule has 1 heterocycles. The number of hydrogen-bond donors (Lipinski definition) is 2. The number of aliphatic hydroxyl groups excluding tert-OH is 1. The molecule has 2 N–H and O–H groups in total. The largest absolute Gasteiger partial charge is 0.493 e. The number of benzene rings is 1. The lowest BCUT2D eigenvalue weighted by atomic mass is 9.87. The first-order valence-corrected chi connectivity index (χ1v) is 9.00. The van der Waals surface area contributed by atoms with E-state index in [1.807, 2.05) is 12.1 Å². The predicted octanol–water partition coefficient (Wildman–Crippen LogP) is 1.08. The molecule has 0 spiro atoms. The van der Waals surface area contributed by atoms with Crippen LogP contribution >= 0.6 is 0 Å². The van der Waals surface area contributed by atoms with Crippen LogP contribution in [0.4, 0.5) is 0 Å². The zero-order valence-corrected chi connectivity index (χ0v) is 16.5. The van der Waals surface area contributed by atoms with E-state index in [4.69, 9.17) is 28.4 Å². The molecule has 2 rings (SSSR count). The minimum Gasteiger partial charge on any atom is -0.493 e. The average molecular weight is 385 g/mol. The SMILES string of the molecule is COCCOC[C@H]1N[C@H](CO)[C@@H](OCCOC)c2cc(OC)c(OC)cc21. The Bertz CT molecular complexity index is 569. The molecule has 0 saturated carbocycles. The maximum absolute atomic E-state index is 9.91. The lowest BCUT2D eigenvalue weighted by Crippen LogP contribution is -2.47. The second-order valence-corrected chi connectivity index (χ2v) is 6.20. The maximum Gasteiger partial charge on any atom is 0.161 e. The molecule has 0 saturated heterocycles. The Morgan fingerprint density at radius 1 is 0.889 bits per heavy atom. The van der Waals surface area contributed by atoms with Gasteiger partial charge in [0.25, 0.3) is 0 Å². The standard InChI is InChI=1S/C19H31NO7/c1-22-5-7-26-12-16-13-9-17(24-3)18(25-4)10-14(13)19(15(11-21)20-16)27-8-6-23-2/h9-10,15-16,19-21H,5-8,11-12H2,1-4H3/t15-,16-,19+/m1/s1. The monoisotopic (exact) mass is 385 g/mol. The van der Waals surface area contributed by atoms with Crippen LogP contribution in [0.1, 0.15) is 23.3 Å². The van der Waals surface area contributed by atoms with Gasteiger partial charge in [0, 0.05) is 14.2 Å². The van der Waals surface area contributed by atoms with Crippen molar-refractivity contribution in [1.29, 1.82) is 0 Å². The molecule has 8 heteroatoms. The first-order chi connectivity index (χ1) is 13.2. The van der Waals surface area contributed by atoms with E-state index in [1.165, 1.54) is 0 Å². The van der Waals surface area contributed by atoms with Crippen molar-refractivity contribution >= 4 is 0 Å². The van der Waals surface area contributed by atoms with E-state index < -0.39 is 0 Å². The smallest absolute Gasteiger partial charge is 0.161 e. The highest BCUT2D eigenvalue weighted by Gasteiger charge is 2.36. The predicted molar refractivity (Wildman–Crippen MR) is 99.6 cm³/mol. The summed E-state index contributed by atoms with van der Waals surface area (Å²) in [4.78, 5) is 0. The topological polar surface area (TPSA) is 87.6 Å². The summed E-state index contributed by atoms with van der Waals surface area (Å²) in [5.41, 5.74) is 1.94. The molecular formula is C19H31NO7. The summed E-state index contributed by atoms with van der Waals surface area (Å²) < 4.78 is 32.8. The van der Waals surface area contributed by atoms with Crippen LogP contribution in [-0.2, 0) is 18.9 Å². The van der Waals surface area contributed by atoms with Crippen LogP contribution in [0.5, 0.6) is 11.5 Å². The summed E-state index contributed by atoms with van der Waals surface area (Å²) in [6, 6.07) is 3.46. The van der Waals surface area contributed by atoms with E-state index in [1.54, 1.807) is 28.4 Å². The van der Waals surface area contributed by atoms with Crippen molar-refractivity contribution in [2.75, 3.05) is 68.1 Å². The Kier molecular flexibility index (Phi) is 9.26. The lowest BCUT2D eigenvalue weighted by molar-refractivity contribution is -0.0296. The Morgan fingerprint density at radius 3 is 2.11 bits per heavy atom. The number of nitrogens with one attached hydrogen (secondary N) is 1. The fourth-order valence-electron chi connectivity index (χ4n) is 3.21. The quantitative estimate of drug-likeness (QED) is 0.517. The van der Waals surface area contributed by atoms with Crippen LogP contribution < -0.4 is 14.8 Å². The summed E-state index contributed by atoms with van der Waals surface area (Å²) in [5.74, 6) is 1.26. The van der Waals surface area contributed by atoms with Crippen LogP contribution in [0.2, 0.25) is 0 Å². The van der Waals surface area contributed by atoms with Crippen LogP contribution in [0.3, 0.4) is 0 Å². The molecule has 27 heavy (non-hydrogen) atoms. The molecule has 3 atom stereocenters. The number of rotatable bonds is 12. The summed E-state index contributed by atoms with van der Waals surface area (Å²) in [5, 5.41) is 13.3. The molecule has 0 fully saturated rings. The average Bonchev–Trinajstić information content (AvgIpc) is 2.70. The van der Waals surface area contributed by atoms with Crippen molar-refractivity contribution < 1.29 is 33.5 Å². The highest BCUT2D eigenvalue weighted by atomic mass is 16.5. The van der Waals surface area contributed by atoms with E-state index >= 15 is 0 Å². The Labute approximate surface area is 160 Å². The third-order valence-electron chi connectivity index (χ3n) is 4.55. The number of aliphatic hydroxyl groups is 1. The highest BCUT2D eigenvalue weighted by Crippen LogP contribution is 2.41. The highest BCUT2D eigenvalue weighted by molar-refractivity contribution is 5.50. The summed E-state index contributed by atoms with van der Waals surface area (Å²) in [6.07, 6.45) is -0.338. The third-order valence-corrected chi connectivity index (χ3v) is 4.55. The first-order valence-electron chi connectivity index (χ1n) is 9.00. The van der Waals surface area contributed by atoms with Gasteiger partial charge in [-0.25, -0.2) is 0 Å². The molecule has 0 unspecified atom stereocenters. The molecule has 0 amide bonds. The first kappa shape index (κ1) is 21.9. The second-order valence-electron chi connectivity index (χ2n) is 6.20. The Hall–Kier alpha value is -1.42.